The molecule has 3 aromatic rings. The molecule has 1 atom stereocenters. The van der Waals surface area contributed by atoms with E-state index >= 15 is 0 Å². The van der Waals surface area contributed by atoms with Crippen molar-refractivity contribution in [3.05, 3.63) is 31.0 Å². The fourth-order valence-corrected chi connectivity index (χ4v) is 3.03. The molecule has 1 unspecified atom stereocenters. The van der Waals surface area contributed by atoms with Gasteiger partial charge in [-0.25, -0.2) is 15.0 Å². The summed E-state index contributed by atoms with van der Waals surface area (Å²) in [6.07, 6.45) is 9.23. The first-order valence-electron chi connectivity index (χ1n) is 8.59. The summed E-state index contributed by atoms with van der Waals surface area (Å²) >= 11 is 0. The maximum absolute atomic E-state index is 5.49. The van der Waals surface area contributed by atoms with Gasteiger partial charge in [-0.15, -0.1) is 0 Å². The van der Waals surface area contributed by atoms with E-state index in [9.17, 15) is 0 Å². The molecule has 0 radical (unpaired) electrons. The van der Waals surface area contributed by atoms with Crippen LogP contribution in [-0.2, 0) is 0 Å². The summed E-state index contributed by atoms with van der Waals surface area (Å²) in [6.45, 7) is 4.54. The molecule has 8 nitrogen and oxygen atoms in total. The number of aromatic nitrogens is 5. The molecule has 1 saturated heterocycles. The first-order valence-corrected chi connectivity index (χ1v) is 8.59. The van der Waals surface area contributed by atoms with Crippen molar-refractivity contribution in [3.8, 4) is 11.7 Å². The molecule has 1 aliphatic heterocycles. The van der Waals surface area contributed by atoms with Gasteiger partial charge in [-0.2, -0.15) is 0 Å². The zero-order chi connectivity index (χ0) is 17.1. The smallest absolute Gasteiger partial charge is 0.215 e. The van der Waals surface area contributed by atoms with Crippen LogP contribution in [0.5, 0.6) is 5.88 Å². The van der Waals surface area contributed by atoms with Crippen LogP contribution in [0.2, 0.25) is 0 Å². The summed E-state index contributed by atoms with van der Waals surface area (Å²) in [5.74, 6) is 2.06. The van der Waals surface area contributed by atoms with Crippen molar-refractivity contribution < 1.29 is 4.74 Å². The second-order valence-electron chi connectivity index (χ2n) is 6.01. The van der Waals surface area contributed by atoms with Gasteiger partial charge in [0.25, 0.3) is 0 Å². The lowest BCUT2D eigenvalue weighted by Gasteiger charge is -2.24. The number of ether oxygens (including phenoxy) is 1. The standard InChI is InChI=1S/C17H21N7O/c1-2-25-17-6-14-13(8-20-17)21-11-24(14)16-10-19-9-15(23-16)22-12-4-3-5-18-7-12/h6,8-12,18H,2-5,7H2,1H3,(H,22,23). The Morgan fingerprint density at radius 3 is 3.12 bits per heavy atom. The van der Waals surface area contributed by atoms with Gasteiger partial charge in [-0.05, 0) is 26.3 Å². The fraction of sp³-hybridized carbons (Fsp3) is 0.412. The van der Waals surface area contributed by atoms with E-state index in [1.165, 1.54) is 6.42 Å². The number of nitrogens with zero attached hydrogens (tertiary/aromatic N) is 5. The number of nitrogens with one attached hydrogen (secondary N) is 2. The maximum atomic E-state index is 5.49. The molecule has 0 amide bonds. The monoisotopic (exact) mass is 339 g/mol. The minimum Gasteiger partial charge on any atom is -0.478 e. The highest BCUT2D eigenvalue weighted by Gasteiger charge is 2.14. The molecule has 0 saturated carbocycles. The molecular weight excluding hydrogens is 318 g/mol. The van der Waals surface area contributed by atoms with E-state index in [-0.39, 0.29) is 0 Å². The largest absolute Gasteiger partial charge is 0.478 e. The van der Waals surface area contributed by atoms with E-state index in [1.54, 1.807) is 24.9 Å². The minimum absolute atomic E-state index is 0.381. The predicted molar refractivity (Wildman–Crippen MR) is 95.1 cm³/mol. The number of hydrogen-bond acceptors (Lipinski definition) is 7. The van der Waals surface area contributed by atoms with Crippen LogP contribution in [0.4, 0.5) is 5.82 Å². The van der Waals surface area contributed by atoms with Crippen LogP contribution >= 0.6 is 0 Å². The lowest BCUT2D eigenvalue weighted by molar-refractivity contribution is 0.327. The third-order valence-corrected chi connectivity index (χ3v) is 4.22. The van der Waals surface area contributed by atoms with E-state index in [0.29, 0.717) is 24.3 Å². The second-order valence-corrected chi connectivity index (χ2v) is 6.01. The number of anilines is 1. The number of fused-ring (bicyclic) bond motifs is 1. The van der Waals surface area contributed by atoms with Crippen molar-refractivity contribution >= 4 is 16.9 Å². The van der Waals surface area contributed by atoms with E-state index in [0.717, 1.165) is 36.4 Å². The minimum atomic E-state index is 0.381. The molecule has 8 heteroatoms. The zero-order valence-electron chi connectivity index (χ0n) is 14.1. The Morgan fingerprint density at radius 1 is 1.32 bits per heavy atom. The van der Waals surface area contributed by atoms with Crippen LogP contribution in [0.1, 0.15) is 19.8 Å². The van der Waals surface area contributed by atoms with Crippen molar-refractivity contribution in [2.24, 2.45) is 0 Å². The summed E-state index contributed by atoms with van der Waals surface area (Å²) in [6, 6.07) is 2.25. The Bertz CT molecular complexity index is 857. The highest BCUT2D eigenvalue weighted by molar-refractivity contribution is 5.77. The van der Waals surface area contributed by atoms with E-state index in [4.69, 9.17) is 9.72 Å². The molecule has 130 valence electrons. The molecular formula is C17H21N7O. The Morgan fingerprint density at radius 2 is 2.28 bits per heavy atom. The number of rotatable bonds is 5. The summed E-state index contributed by atoms with van der Waals surface area (Å²) in [4.78, 5) is 17.7. The van der Waals surface area contributed by atoms with Crippen molar-refractivity contribution in [2.45, 2.75) is 25.8 Å². The first kappa shape index (κ1) is 15.8. The van der Waals surface area contributed by atoms with Gasteiger partial charge >= 0.3 is 0 Å². The molecule has 4 rings (SSSR count). The molecule has 4 heterocycles. The molecule has 25 heavy (non-hydrogen) atoms. The number of pyridine rings is 1. The maximum Gasteiger partial charge on any atom is 0.215 e. The average molecular weight is 339 g/mol. The van der Waals surface area contributed by atoms with Gasteiger partial charge in [-0.1, -0.05) is 0 Å². The molecule has 3 aromatic heterocycles. The third-order valence-electron chi connectivity index (χ3n) is 4.22. The van der Waals surface area contributed by atoms with Gasteiger partial charge in [0.05, 0.1) is 30.7 Å². The van der Waals surface area contributed by atoms with Gasteiger partial charge in [0.2, 0.25) is 5.88 Å². The van der Waals surface area contributed by atoms with Crippen LogP contribution < -0.4 is 15.4 Å². The van der Waals surface area contributed by atoms with E-state index < -0.39 is 0 Å². The molecule has 0 spiro atoms. The van der Waals surface area contributed by atoms with Gasteiger partial charge in [-0.3, -0.25) is 9.55 Å². The molecule has 2 N–H and O–H groups in total. The van der Waals surface area contributed by atoms with E-state index in [1.807, 2.05) is 17.6 Å². The van der Waals surface area contributed by atoms with Gasteiger partial charge in [0, 0.05) is 18.7 Å². The fourth-order valence-electron chi connectivity index (χ4n) is 3.03. The van der Waals surface area contributed by atoms with Crippen molar-refractivity contribution in [1.29, 1.82) is 0 Å². The number of piperidine rings is 1. The SMILES string of the molecule is CCOc1cc2c(cn1)ncn2-c1cncc(NC2CCCNC2)n1. The number of imidazole rings is 1. The summed E-state index contributed by atoms with van der Waals surface area (Å²) in [5, 5.41) is 6.85. The zero-order valence-corrected chi connectivity index (χ0v) is 14.1. The van der Waals surface area contributed by atoms with Crippen molar-refractivity contribution in [2.75, 3.05) is 25.0 Å². The Hall–Kier alpha value is -2.74. The molecule has 0 aliphatic carbocycles. The summed E-state index contributed by atoms with van der Waals surface area (Å²) in [5.41, 5.74) is 1.68. The molecule has 0 aromatic carbocycles. The van der Waals surface area contributed by atoms with Crippen LogP contribution in [-0.4, -0.2) is 50.2 Å². The Balaban J connectivity index is 1.63. The van der Waals surface area contributed by atoms with Gasteiger partial charge < -0.3 is 15.4 Å². The average Bonchev–Trinajstić information content (AvgIpc) is 3.06. The van der Waals surface area contributed by atoms with E-state index in [2.05, 4.69) is 25.6 Å². The summed E-state index contributed by atoms with van der Waals surface area (Å²) < 4.78 is 7.39. The topological polar surface area (TPSA) is 89.8 Å². The van der Waals surface area contributed by atoms with Crippen molar-refractivity contribution in [3.63, 3.8) is 0 Å². The lowest BCUT2D eigenvalue weighted by Crippen LogP contribution is -2.38. The van der Waals surface area contributed by atoms with Gasteiger partial charge in [0.1, 0.15) is 17.7 Å². The Labute approximate surface area is 145 Å². The van der Waals surface area contributed by atoms with Crippen LogP contribution in [0, 0.1) is 0 Å². The predicted octanol–water partition coefficient (Wildman–Crippen LogP) is 1.77. The first-order chi connectivity index (χ1) is 12.3. The van der Waals surface area contributed by atoms with Crippen molar-refractivity contribution in [1.82, 2.24) is 29.8 Å². The normalized spacial score (nSPS) is 17.6. The lowest BCUT2D eigenvalue weighted by atomic mass is 10.1. The van der Waals surface area contributed by atoms with Crippen LogP contribution in [0.15, 0.2) is 31.0 Å². The number of hydrogen-bond donors (Lipinski definition) is 2. The Kier molecular flexibility index (Phi) is 4.43. The van der Waals surface area contributed by atoms with Crippen LogP contribution in [0.3, 0.4) is 0 Å². The highest BCUT2D eigenvalue weighted by Crippen LogP contribution is 2.21. The van der Waals surface area contributed by atoms with Gasteiger partial charge in [0.15, 0.2) is 5.82 Å². The highest BCUT2D eigenvalue weighted by atomic mass is 16.5. The molecule has 0 bridgehead atoms. The molecule has 1 aliphatic rings. The quantitative estimate of drug-likeness (QED) is 0.732. The second kappa shape index (κ2) is 7.02. The van der Waals surface area contributed by atoms with Crippen LogP contribution in [0.25, 0.3) is 16.9 Å². The summed E-state index contributed by atoms with van der Waals surface area (Å²) in [7, 11) is 0. The third kappa shape index (κ3) is 3.39. The molecule has 1 fully saturated rings.